The predicted octanol–water partition coefficient (Wildman–Crippen LogP) is 7.08. The minimum absolute atomic E-state index is 0.203. The Balaban J connectivity index is 2.92. The van der Waals surface area contributed by atoms with E-state index in [4.69, 9.17) is 0 Å². The maximum Gasteiger partial charge on any atom is 0.0175 e. The van der Waals surface area contributed by atoms with Gasteiger partial charge in [-0.2, -0.15) is 0 Å². The summed E-state index contributed by atoms with van der Waals surface area (Å²) in [5.41, 5.74) is 1.64. The van der Waals surface area contributed by atoms with Crippen LogP contribution in [-0.4, -0.2) is 10.7 Å². The molecule has 20 heavy (non-hydrogen) atoms. The van der Waals surface area contributed by atoms with Crippen LogP contribution in [0.4, 0.5) is 0 Å². The van der Waals surface area contributed by atoms with Crippen LogP contribution in [0.15, 0.2) is 28.7 Å². The summed E-state index contributed by atoms with van der Waals surface area (Å²) in [5, 5.41) is 2.02. The topological polar surface area (TPSA) is 0 Å². The zero-order chi connectivity index (χ0) is 15.0. The Morgan fingerprint density at radius 1 is 1.05 bits per heavy atom. The van der Waals surface area contributed by atoms with Crippen molar-refractivity contribution in [3.05, 3.63) is 34.3 Å². The van der Waals surface area contributed by atoms with Gasteiger partial charge < -0.3 is 0 Å². The number of benzene rings is 1. The first-order valence-electron chi connectivity index (χ1n) is 7.49. The molecule has 114 valence electrons. The van der Waals surface area contributed by atoms with Crippen molar-refractivity contribution in [3.8, 4) is 0 Å². The van der Waals surface area contributed by atoms with E-state index in [1.165, 1.54) is 37.7 Å². The van der Waals surface area contributed by atoms with Gasteiger partial charge in [-0.25, -0.2) is 0 Å². The maximum atomic E-state index is 3.77. The van der Waals surface area contributed by atoms with Crippen LogP contribution < -0.4 is 0 Å². The van der Waals surface area contributed by atoms with Crippen molar-refractivity contribution in [2.75, 3.05) is 10.7 Å². The highest BCUT2D eigenvalue weighted by Crippen LogP contribution is 2.38. The van der Waals surface area contributed by atoms with Crippen molar-refractivity contribution in [2.45, 2.75) is 51.4 Å². The van der Waals surface area contributed by atoms with Crippen molar-refractivity contribution >= 4 is 47.8 Å². The molecule has 0 saturated heterocycles. The molecule has 1 aromatic rings. The van der Waals surface area contributed by atoms with E-state index in [1.807, 2.05) is 0 Å². The van der Waals surface area contributed by atoms with Crippen molar-refractivity contribution in [1.82, 2.24) is 0 Å². The molecule has 0 heterocycles. The molecule has 1 rings (SSSR count). The fourth-order valence-corrected chi connectivity index (χ4v) is 5.01. The third-order valence-electron chi connectivity index (χ3n) is 4.19. The van der Waals surface area contributed by atoms with Crippen molar-refractivity contribution in [3.63, 3.8) is 0 Å². The lowest BCUT2D eigenvalue weighted by molar-refractivity contribution is 0.338. The first-order chi connectivity index (χ1) is 9.61. The molecule has 0 aliphatic carbocycles. The minimum atomic E-state index is 0.203. The monoisotopic (exact) mass is 466 g/mol. The number of hydrogen-bond acceptors (Lipinski definition) is 0. The van der Waals surface area contributed by atoms with Crippen LogP contribution in [0.5, 0.6) is 0 Å². The summed E-state index contributed by atoms with van der Waals surface area (Å²) in [4.78, 5) is 0. The molecule has 0 N–H and O–H groups in total. The quantitative estimate of drug-likeness (QED) is 0.339. The molecule has 1 aromatic carbocycles. The molecule has 3 heteroatoms. The molecular formula is C17H25Br3. The van der Waals surface area contributed by atoms with Crippen LogP contribution >= 0.6 is 47.8 Å². The molecule has 0 amide bonds. The highest BCUT2D eigenvalue weighted by atomic mass is 79.9. The number of halogens is 3. The van der Waals surface area contributed by atoms with Gasteiger partial charge in [0.2, 0.25) is 0 Å². The Morgan fingerprint density at radius 3 is 2.10 bits per heavy atom. The second-order valence-corrected chi connectivity index (χ2v) is 7.71. The van der Waals surface area contributed by atoms with E-state index in [2.05, 4.69) is 85.9 Å². The van der Waals surface area contributed by atoms with Gasteiger partial charge in [0.05, 0.1) is 0 Å². The molecule has 0 saturated carbocycles. The van der Waals surface area contributed by atoms with Gasteiger partial charge in [-0.15, -0.1) is 0 Å². The SMILES string of the molecule is CCCCC(CC)CC(CBr)(CBr)c1ccc(Br)cc1. The highest BCUT2D eigenvalue weighted by molar-refractivity contribution is 9.10. The molecule has 0 nitrogen and oxygen atoms in total. The van der Waals surface area contributed by atoms with Gasteiger partial charge in [0.25, 0.3) is 0 Å². The van der Waals surface area contributed by atoms with Crippen LogP contribution in [0.2, 0.25) is 0 Å². The smallest absolute Gasteiger partial charge is 0.0175 e. The van der Waals surface area contributed by atoms with Crippen LogP contribution in [0.1, 0.15) is 51.5 Å². The maximum absolute atomic E-state index is 3.77. The number of unbranched alkanes of at least 4 members (excludes halogenated alkanes) is 1. The fourth-order valence-electron chi connectivity index (χ4n) is 2.72. The Hall–Kier alpha value is 0.660. The molecule has 0 radical (unpaired) electrons. The zero-order valence-corrected chi connectivity index (χ0v) is 17.2. The lowest BCUT2D eigenvalue weighted by atomic mass is 9.75. The van der Waals surface area contributed by atoms with Crippen LogP contribution in [0.25, 0.3) is 0 Å². The summed E-state index contributed by atoms with van der Waals surface area (Å²) in [6.45, 7) is 4.61. The van der Waals surface area contributed by atoms with Gasteiger partial charge in [0.15, 0.2) is 0 Å². The Morgan fingerprint density at radius 2 is 1.65 bits per heavy atom. The van der Waals surface area contributed by atoms with E-state index in [0.29, 0.717) is 0 Å². The van der Waals surface area contributed by atoms with E-state index in [-0.39, 0.29) is 5.41 Å². The second kappa shape index (κ2) is 9.63. The normalized spacial score (nSPS) is 13.4. The molecule has 0 spiro atoms. The van der Waals surface area contributed by atoms with Gasteiger partial charge >= 0.3 is 0 Å². The van der Waals surface area contributed by atoms with E-state index in [0.717, 1.165) is 21.1 Å². The standard InChI is InChI=1S/C17H25Br3/c1-3-5-6-14(4-2)11-17(12-18,13-19)15-7-9-16(20)10-8-15/h7-10,14H,3-6,11-13H2,1-2H3. The summed E-state index contributed by atoms with van der Waals surface area (Å²) >= 11 is 11.1. The molecule has 0 fully saturated rings. The van der Waals surface area contributed by atoms with E-state index in [1.54, 1.807) is 0 Å². The first-order valence-corrected chi connectivity index (χ1v) is 10.5. The minimum Gasteiger partial charge on any atom is -0.0918 e. The van der Waals surface area contributed by atoms with Crippen molar-refractivity contribution in [1.29, 1.82) is 0 Å². The van der Waals surface area contributed by atoms with Gasteiger partial charge in [-0.05, 0) is 30.0 Å². The predicted molar refractivity (Wildman–Crippen MR) is 101 cm³/mol. The summed E-state index contributed by atoms with van der Waals surface area (Å²) < 4.78 is 1.15. The third-order valence-corrected chi connectivity index (χ3v) is 6.87. The Bertz CT molecular complexity index is 368. The first kappa shape index (κ1) is 18.7. The largest absolute Gasteiger partial charge is 0.0918 e. The lowest BCUT2D eigenvalue weighted by Gasteiger charge is -2.34. The molecule has 0 aliphatic heterocycles. The van der Waals surface area contributed by atoms with E-state index < -0.39 is 0 Å². The average Bonchev–Trinajstić information content (AvgIpc) is 2.49. The van der Waals surface area contributed by atoms with Gasteiger partial charge in [0, 0.05) is 20.5 Å². The van der Waals surface area contributed by atoms with Gasteiger partial charge in [-0.1, -0.05) is 99.5 Å². The molecule has 0 bridgehead atoms. The molecule has 1 atom stereocenters. The Kier molecular flexibility index (Phi) is 9.01. The summed E-state index contributed by atoms with van der Waals surface area (Å²) in [7, 11) is 0. The van der Waals surface area contributed by atoms with E-state index >= 15 is 0 Å². The van der Waals surface area contributed by atoms with E-state index in [9.17, 15) is 0 Å². The number of alkyl halides is 2. The average molecular weight is 469 g/mol. The molecule has 1 unspecified atom stereocenters. The van der Waals surface area contributed by atoms with Crippen LogP contribution in [-0.2, 0) is 5.41 Å². The number of hydrogen-bond donors (Lipinski definition) is 0. The Labute approximate surface area is 149 Å². The third kappa shape index (κ3) is 5.14. The van der Waals surface area contributed by atoms with Crippen LogP contribution in [0, 0.1) is 5.92 Å². The highest BCUT2D eigenvalue weighted by Gasteiger charge is 2.32. The molecular weight excluding hydrogens is 444 g/mol. The molecule has 0 aliphatic rings. The van der Waals surface area contributed by atoms with Gasteiger partial charge in [0.1, 0.15) is 0 Å². The van der Waals surface area contributed by atoms with Crippen LogP contribution in [0.3, 0.4) is 0 Å². The molecule has 0 aromatic heterocycles. The zero-order valence-electron chi connectivity index (χ0n) is 12.5. The van der Waals surface area contributed by atoms with Crippen molar-refractivity contribution in [2.24, 2.45) is 5.92 Å². The summed E-state index contributed by atoms with van der Waals surface area (Å²) in [6.07, 6.45) is 6.52. The summed E-state index contributed by atoms with van der Waals surface area (Å²) in [5.74, 6) is 0.814. The number of rotatable bonds is 9. The fraction of sp³-hybridized carbons (Fsp3) is 0.647. The van der Waals surface area contributed by atoms with Gasteiger partial charge in [-0.3, -0.25) is 0 Å². The lowest BCUT2D eigenvalue weighted by Crippen LogP contribution is -2.33. The summed E-state index contributed by atoms with van der Waals surface area (Å²) in [6, 6.07) is 8.84. The van der Waals surface area contributed by atoms with Crippen molar-refractivity contribution < 1.29 is 0 Å². The second-order valence-electron chi connectivity index (χ2n) is 5.68.